The molecular weight excluding hydrogens is 200 g/mol. The molecule has 0 amide bonds. The SMILES string of the molecule is CCCCC(CC(=O)O)C(=O)O.[Ca+2].[H-].[H-]. The Morgan fingerprint density at radius 1 is 1.38 bits per heavy atom. The molecule has 13 heavy (non-hydrogen) atoms. The van der Waals surface area contributed by atoms with Gasteiger partial charge in [0.1, 0.15) is 0 Å². The molecule has 74 valence electrons. The van der Waals surface area contributed by atoms with Crippen molar-refractivity contribution in [1.82, 2.24) is 0 Å². The van der Waals surface area contributed by atoms with Crippen LogP contribution in [-0.4, -0.2) is 59.9 Å². The first-order valence-electron chi connectivity index (χ1n) is 4.02. The number of carboxylic acid groups (broad SMARTS) is 2. The summed E-state index contributed by atoms with van der Waals surface area (Å²) in [5.74, 6) is -2.77. The van der Waals surface area contributed by atoms with E-state index in [4.69, 9.17) is 10.2 Å². The van der Waals surface area contributed by atoms with Crippen LogP contribution in [0.5, 0.6) is 0 Å². The molecule has 5 heteroatoms. The normalized spacial score (nSPS) is 11.5. The molecule has 0 fully saturated rings. The standard InChI is InChI=1S/C8H14O4.Ca.2H/c1-2-3-4-6(8(11)12)5-7(9)10;;;/h6H,2-5H2,1H3,(H,9,10)(H,11,12);;;/q;+2;2*-1. The minimum Gasteiger partial charge on any atom is -1.00 e. The predicted octanol–water partition coefficient (Wildman–Crippen LogP) is 1.20. The van der Waals surface area contributed by atoms with E-state index in [0.29, 0.717) is 6.42 Å². The van der Waals surface area contributed by atoms with E-state index in [0.717, 1.165) is 12.8 Å². The Bertz CT molecular complexity index is 178. The van der Waals surface area contributed by atoms with Crippen molar-refractivity contribution in [2.24, 2.45) is 5.92 Å². The summed E-state index contributed by atoms with van der Waals surface area (Å²) in [6.45, 7) is 1.94. The molecule has 0 aromatic rings. The fourth-order valence-electron chi connectivity index (χ4n) is 0.974. The van der Waals surface area contributed by atoms with Gasteiger partial charge < -0.3 is 13.1 Å². The van der Waals surface area contributed by atoms with Gasteiger partial charge >= 0.3 is 49.7 Å². The maximum Gasteiger partial charge on any atom is 2.00 e. The van der Waals surface area contributed by atoms with Gasteiger partial charge in [0.05, 0.1) is 12.3 Å². The molecule has 0 aromatic heterocycles. The van der Waals surface area contributed by atoms with Crippen LogP contribution in [-0.2, 0) is 9.59 Å². The first kappa shape index (κ1) is 15.7. The average molecular weight is 216 g/mol. The van der Waals surface area contributed by atoms with Crippen LogP contribution in [0.3, 0.4) is 0 Å². The first-order valence-corrected chi connectivity index (χ1v) is 4.02. The Labute approximate surface area is 110 Å². The van der Waals surface area contributed by atoms with Gasteiger partial charge in [0.25, 0.3) is 0 Å². The summed E-state index contributed by atoms with van der Waals surface area (Å²) in [4.78, 5) is 20.7. The summed E-state index contributed by atoms with van der Waals surface area (Å²) in [7, 11) is 0. The second-order valence-electron chi connectivity index (χ2n) is 2.78. The molecule has 0 bridgehead atoms. The molecule has 2 N–H and O–H groups in total. The van der Waals surface area contributed by atoms with Crippen LogP contribution >= 0.6 is 0 Å². The molecule has 0 aromatic carbocycles. The molecule has 4 nitrogen and oxygen atoms in total. The third kappa shape index (κ3) is 8.53. The van der Waals surface area contributed by atoms with E-state index in [-0.39, 0.29) is 47.0 Å². The van der Waals surface area contributed by atoms with Gasteiger partial charge in [-0.1, -0.05) is 19.8 Å². The monoisotopic (exact) mass is 216 g/mol. The van der Waals surface area contributed by atoms with Crippen LogP contribution in [0.25, 0.3) is 0 Å². The van der Waals surface area contributed by atoms with Crippen LogP contribution in [0, 0.1) is 5.92 Å². The summed E-state index contributed by atoms with van der Waals surface area (Å²) in [6, 6.07) is 0. The zero-order valence-electron chi connectivity index (χ0n) is 9.82. The molecule has 0 heterocycles. The van der Waals surface area contributed by atoms with E-state index >= 15 is 0 Å². The number of unbranched alkanes of at least 4 members (excludes halogenated alkanes) is 1. The van der Waals surface area contributed by atoms with Crippen molar-refractivity contribution in [2.45, 2.75) is 32.6 Å². The van der Waals surface area contributed by atoms with Crippen molar-refractivity contribution < 1.29 is 22.7 Å². The molecular formula is C8H16CaO4. The maximum atomic E-state index is 10.5. The second kappa shape index (κ2) is 8.78. The molecule has 0 spiro atoms. The van der Waals surface area contributed by atoms with Gasteiger partial charge in [0.15, 0.2) is 0 Å². The molecule has 1 atom stereocenters. The number of hydrogen-bond donors (Lipinski definition) is 2. The molecule has 0 aliphatic carbocycles. The Balaban J connectivity index is -0.000000202. The quantitative estimate of drug-likeness (QED) is 0.654. The van der Waals surface area contributed by atoms with Crippen LogP contribution < -0.4 is 0 Å². The largest absolute Gasteiger partial charge is 2.00 e. The molecule has 1 unspecified atom stereocenters. The fraction of sp³-hybridized carbons (Fsp3) is 0.750. The Morgan fingerprint density at radius 3 is 2.23 bits per heavy atom. The third-order valence-corrected chi connectivity index (χ3v) is 1.68. The summed E-state index contributed by atoms with van der Waals surface area (Å²) in [5, 5.41) is 17.0. The summed E-state index contributed by atoms with van der Waals surface area (Å²) in [5.41, 5.74) is 0. The maximum absolute atomic E-state index is 10.5. The molecule has 0 aliphatic heterocycles. The minimum atomic E-state index is -1.04. The van der Waals surface area contributed by atoms with E-state index < -0.39 is 17.9 Å². The van der Waals surface area contributed by atoms with Gasteiger partial charge in [-0.25, -0.2) is 0 Å². The Kier molecular flexibility index (Phi) is 10.6. The van der Waals surface area contributed by atoms with Gasteiger partial charge in [-0.3, -0.25) is 9.59 Å². The molecule has 0 radical (unpaired) electrons. The summed E-state index contributed by atoms with van der Waals surface area (Å²) >= 11 is 0. The summed E-state index contributed by atoms with van der Waals surface area (Å²) < 4.78 is 0. The van der Waals surface area contributed by atoms with Gasteiger partial charge in [0, 0.05) is 0 Å². The average Bonchev–Trinajstić information content (AvgIpc) is 1.96. The van der Waals surface area contributed by atoms with Crippen LogP contribution in [0.15, 0.2) is 0 Å². The van der Waals surface area contributed by atoms with Crippen LogP contribution in [0.1, 0.15) is 35.5 Å². The number of carbonyl (C=O) groups is 2. The van der Waals surface area contributed by atoms with Crippen molar-refractivity contribution >= 4 is 49.7 Å². The number of aliphatic carboxylic acids is 2. The number of hydrogen-bond acceptors (Lipinski definition) is 2. The molecule has 0 saturated carbocycles. The second-order valence-corrected chi connectivity index (χ2v) is 2.78. The van der Waals surface area contributed by atoms with E-state index in [1.165, 1.54) is 0 Å². The van der Waals surface area contributed by atoms with Crippen molar-refractivity contribution in [3.63, 3.8) is 0 Å². The first-order chi connectivity index (χ1) is 5.57. The zero-order valence-corrected chi connectivity index (χ0v) is 10.0. The smallest absolute Gasteiger partial charge is 1.00 e. The molecule has 0 rings (SSSR count). The topological polar surface area (TPSA) is 74.6 Å². The van der Waals surface area contributed by atoms with E-state index in [9.17, 15) is 9.59 Å². The van der Waals surface area contributed by atoms with Gasteiger partial charge in [0.2, 0.25) is 0 Å². The number of rotatable bonds is 6. The minimum absolute atomic E-state index is 0. The van der Waals surface area contributed by atoms with Gasteiger partial charge in [-0.2, -0.15) is 0 Å². The van der Waals surface area contributed by atoms with Crippen molar-refractivity contribution in [2.75, 3.05) is 0 Å². The van der Waals surface area contributed by atoms with E-state index in [1.54, 1.807) is 0 Å². The Morgan fingerprint density at radius 2 is 1.92 bits per heavy atom. The summed E-state index contributed by atoms with van der Waals surface area (Å²) in [6.07, 6.45) is 1.85. The fourth-order valence-corrected chi connectivity index (χ4v) is 0.974. The van der Waals surface area contributed by atoms with Crippen molar-refractivity contribution in [3.05, 3.63) is 0 Å². The van der Waals surface area contributed by atoms with Gasteiger partial charge in [-0.05, 0) is 6.42 Å². The molecule has 0 saturated heterocycles. The van der Waals surface area contributed by atoms with Crippen molar-refractivity contribution in [3.8, 4) is 0 Å². The van der Waals surface area contributed by atoms with E-state index in [1.807, 2.05) is 6.92 Å². The zero-order chi connectivity index (χ0) is 9.56. The molecule has 0 aliphatic rings. The Hall–Kier alpha value is 0.200. The van der Waals surface area contributed by atoms with Gasteiger partial charge in [-0.15, -0.1) is 0 Å². The number of carboxylic acids is 2. The third-order valence-electron chi connectivity index (χ3n) is 1.68. The van der Waals surface area contributed by atoms with E-state index in [2.05, 4.69) is 0 Å². The van der Waals surface area contributed by atoms with Crippen molar-refractivity contribution in [1.29, 1.82) is 0 Å². The van der Waals surface area contributed by atoms with Crippen LogP contribution in [0.4, 0.5) is 0 Å². The predicted molar refractivity (Wildman–Crippen MR) is 50.9 cm³/mol. The van der Waals surface area contributed by atoms with Crippen LogP contribution in [0.2, 0.25) is 0 Å².